The van der Waals surface area contributed by atoms with Crippen LogP contribution in [0, 0.1) is 0 Å². The Morgan fingerprint density at radius 1 is 1.40 bits per heavy atom. The predicted molar refractivity (Wildman–Crippen MR) is 80.1 cm³/mol. The summed E-state index contributed by atoms with van der Waals surface area (Å²) in [6.07, 6.45) is 0. The largest absolute Gasteiger partial charge is 0.465 e. The summed E-state index contributed by atoms with van der Waals surface area (Å²) in [5, 5.41) is 0.660. The fourth-order valence-electron chi connectivity index (χ4n) is 2.30. The molecule has 0 amide bonds. The minimum Gasteiger partial charge on any atom is -0.465 e. The molecule has 1 aromatic heterocycles. The summed E-state index contributed by atoms with van der Waals surface area (Å²) < 4.78 is 7.17. The van der Waals surface area contributed by atoms with Crippen molar-refractivity contribution in [2.24, 2.45) is 0 Å². The number of ether oxygens (including phenoxy) is 1. The van der Waals surface area contributed by atoms with Gasteiger partial charge in [-0.1, -0.05) is 11.6 Å². The summed E-state index contributed by atoms with van der Waals surface area (Å²) >= 11 is 6.05. The number of esters is 1. The van der Waals surface area contributed by atoms with Crippen LogP contribution in [0.5, 0.6) is 0 Å². The first-order chi connectivity index (χ1) is 9.41. The fourth-order valence-corrected chi connectivity index (χ4v) is 2.46. The van der Waals surface area contributed by atoms with Crippen molar-refractivity contribution in [1.82, 2.24) is 9.55 Å². The molecule has 0 saturated carbocycles. The molecule has 0 atom stereocenters. The molecule has 0 saturated heterocycles. The van der Waals surface area contributed by atoms with Crippen LogP contribution in [0.4, 0.5) is 0 Å². The van der Waals surface area contributed by atoms with Crippen molar-refractivity contribution in [2.45, 2.75) is 39.7 Å². The average Bonchev–Trinajstić information content (AvgIpc) is 2.77. The van der Waals surface area contributed by atoms with E-state index in [1.54, 1.807) is 13.0 Å². The van der Waals surface area contributed by atoms with E-state index in [1.165, 1.54) is 0 Å². The lowest BCUT2D eigenvalue weighted by Gasteiger charge is -2.22. The van der Waals surface area contributed by atoms with E-state index >= 15 is 0 Å². The van der Waals surface area contributed by atoms with Crippen LogP contribution in [0.1, 0.15) is 33.5 Å². The number of carbonyl (C=O) groups excluding carboxylic acids is 1. The zero-order valence-corrected chi connectivity index (χ0v) is 13.0. The molecule has 0 aliphatic carbocycles. The highest BCUT2D eigenvalue weighted by molar-refractivity contribution is 6.31. The molecule has 0 spiro atoms. The summed E-state index contributed by atoms with van der Waals surface area (Å²) in [5.74, 6) is 0.437. The summed E-state index contributed by atoms with van der Waals surface area (Å²) in [6.45, 7) is 8.57. The van der Waals surface area contributed by atoms with E-state index in [0.717, 1.165) is 17.6 Å². The third kappa shape index (κ3) is 2.40. The van der Waals surface area contributed by atoms with Gasteiger partial charge < -0.3 is 9.30 Å². The number of hydrogen-bond donors (Lipinski definition) is 0. The van der Waals surface area contributed by atoms with Crippen LogP contribution in [-0.2, 0) is 21.5 Å². The van der Waals surface area contributed by atoms with Crippen molar-refractivity contribution in [3.63, 3.8) is 0 Å². The second kappa shape index (κ2) is 5.44. The van der Waals surface area contributed by atoms with Gasteiger partial charge in [0.1, 0.15) is 11.2 Å². The van der Waals surface area contributed by atoms with E-state index in [2.05, 4.69) is 4.98 Å². The quantitative estimate of drug-likeness (QED) is 0.810. The SMILES string of the molecule is CCOC(=O)C(C)(C)c1nc2ccc(Cl)cc2n1CC. The molecule has 1 heterocycles. The number of aryl methyl sites for hydroxylation is 1. The monoisotopic (exact) mass is 294 g/mol. The van der Waals surface area contributed by atoms with Gasteiger partial charge >= 0.3 is 5.97 Å². The molecule has 5 heteroatoms. The molecule has 108 valence electrons. The van der Waals surface area contributed by atoms with E-state index in [-0.39, 0.29) is 5.97 Å². The lowest BCUT2D eigenvalue weighted by Crippen LogP contribution is -2.34. The van der Waals surface area contributed by atoms with Gasteiger partial charge in [0, 0.05) is 11.6 Å². The zero-order valence-electron chi connectivity index (χ0n) is 12.2. The lowest BCUT2D eigenvalue weighted by molar-refractivity contribution is -0.149. The normalized spacial score (nSPS) is 11.8. The minimum atomic E-state index is -0.794. The van der Waals surface area contributed by atoms with E-state index in [9.17, 15) is 4.79 Å². The first-order valence-electron chi connectivity index (χ1n) is 6.75. The number of benzene rings is 1. The van der Waals surface area contributed by atoms with Gasteiger partial charge in [-0.15, -0.1) is 0 Å². The Hall–Kier alpha value is -1.55. The molecular formula is C15H19ClN2O2. The smallest absolute Gasteiger partial charge is 0.319 e. The first kappa shape index (κ1) is 14.9. The van der Waals surface area contributed by atoms with Gasteiger partial charge in [0.15, 0.2) is 0 Å². The minimum absolute atomic E-state index is 0.267. The molecule has 4 nitrogen and oxygen atoms in total. The highest BCUT2D eigenvalue weighted by Gasteiger charge is 2.36. The first-order valence-corrected chi connectivity index (χ1v) is 7.13. The maximum Gasteiger partial charge on any atom is 0.319 e. The van der Waals surface area contributed by atoms with E-state index < -0.39 is 5.41 Å². The van der Waals surface area contributed by atoms with Crippen LogP contribution in [0.3, 0.4) is 0 Å². The molecule has 2 aromatic rings. The van der Waals surface area contributed by atoms with E-state index in [0.29, 0.717) is 17.5 Å². The van der Waals surface area contributed by atoms with Gasteiger partial charge in [-0.05, 0) is 45.9 Å². The van der Waals surface area contributed by atoms with Gasteiger partial charge in [-0.2, -0.15) is 0 Å². The lowest BCUT2D eigenvalue weighted by atomic mass is 9.92. The molecule has 0 fully saturated rings. The molecule has 0 aliphatic rings. The Balaban J connectivity index is 2.62. The van der Waals surface area contributed by atoms with Crippen molar-refractivity contribution in [2.75, 3.05) is 6.61 Å². The average molecular weight is 295 g/mol. The Kier molecular flexibility index (Phi) is 4.04. The van der Waals surface area contributed by atoms with Crippen LogP contribution in [0.15, 0.2) is 18.2 Å². The van der Waals surface area contributed by atoms with Crippen LogP contribution < -0.4 is 0 Å². The standard InChI is InChI=1S/C15H19ClN2O2/c1-5-18-12-9-10(16)7-8-11(12)17-13(18)15(3,4)14(19)20-6-2/h7-9H,5-6H2,1-4H3. The number of rotatable bonds is 4. The molecule has 20 heavy (non-hydrogen) atoms. The van der Waals surface area contributed by atoms with Gasteiger partial charge in [-0.25, -0.2) is 4.98 Å². The third-order valence-electron chi connectivity index (χ3n) is 3.37. The van der Waals surface area contributed by atoms with E-state index in [4.69, 9.17) is 16.3 Å². The number of nitrogens with zero attached hydrogens (tertiary/aromatic N) is 2. The molecule has 0 bridgehead atoms. The van der Waals surface area contributed by atoms with Crippen LogP contribution in [0.25, 0.3) is 11.0 Å². The summed E-state index contributed by atoms with van der Waals surface area (Å²) in [4.78, 5) is 16.8. The van der Waals surface area contributed by atoms with Gasteiger partial charge in [0.25, 0.3) is 0 Å². The molecule has 0 N–H and O–H groups in total. The maximum absolute atomic E-state index is 12.2. The van der Waals surface area contributed by atoms with Gasteiger partial charge in [0.05, 0.1) is 17.6 Å². The van der Waals surface area contributed by atoms with Crippen LogP contribution in [-0.4, -0.2) is 22.1 Å². The van der Waals surface area contributed by atoms with Crippen molar-refractivity contribution < 1.29 is 9.53 Å². The van der Waals surface area contributed by atoms with Crippen molar-refractivity contribution in [3.05, 3.63) is 29.0 Å². The Morgan fingerprint density at radius 3 is 2.70 bits per heavy atom. The number of imidazole rings is 1. The number of hydrogen-bond acceptors (Lipinski definition) is 3. The topological polar surface area (TPSA) is 44.1 Å². The molecule has 0 radical (unpaired) electrons. The summed E-state index contributed by atoms with van der Waals surface area (Å²) in [7, 11) is 0. The summed E-state index contributed by atoms with van der Waals surface area (Å²) in [5.41, 5.74) is 0.980. The van der Waals surface area contributed by atoms with Crippen LogP contribution in [0.2, 0.25) is 5.02 Å². The Morgan fingerprint density at radius 2 is 2.10 bits per heavy atom. The number of aromatic nitrogens is 2. The second-order valence-corrected chi connectivity index (χ2v) is 5.59. The summed E-state index contributed by atoms with van der Waals surface area (Å²) in [6, 6.07) is 5.55. The fraction of sp³-hybridized carbons (Fsp3) is 0.467. The molecule has 1 aromatic carbocycles. The van der Waals surface area contributed by atoms with E-state index in [1.807, 2.05) is 37.5 Å². The predicted octanol–water partition coefficient (Wildman–Crippen LogP) is 3.55. The van der Waals surface area contributed by atoms with Crippen LogP contribution >= 0.6 is 11.6 Å². The van der Waals surface area contributed by atoms with Crippen molar-refractivity contribution in [1.29, 1.82) is 0 Å². The van der Waals surface area contributed by atoms with Crippen molar-refractivity contribution >= 4 is 28.6 Å². The highest BCUT2D eigenvalue weighted by atomic mass is 35.5. The molecular weight excluding hydrogens is 276 g/mol. The number of carbonyl (C=O) groups is 1. The Labute approximate surface area is 123 Å². The maximum atomic E-state index is 12.2. The van der Waals surface area contributed by atoms with Gasteiger partial charge in [-0.3, -0.25) is 4.79 Å². The number of halogens is 1. The molecule has 0 unspecified atom stereocenters. The van der Waals surface area contributed by atoms with Gasteiger partial charge in [0.2, 0.25) is 0 Å². The molecule has 0 aliphatic heterocycles. The second-order valence-electron chi connectivity index (χ2n) is 5.16. The molecule has 2 rings (SSSR count). The zero-order chi connectivity index (χ0) is 14.9. The highest BCUT2D eigenvalue weighted by Crippen LogP contribution is 2.29. The third-order valence-corrected chi connectivity index (χ3v) is 3.61. The number of fused-ring (bicyclic) bond motifs is 1. The van der Waals surface area contributed by atoms with Crippen molar-refractivity contribution in [3.8, 4) is 0 Å². The Bertz CT molecular complexity index is 647.